The minimum Gasteiger partial charge on any atom is -0.362 e. The SMILES string of the molecule is CC(=O)Cc1ccc(F)c(F)c1F.CCC1CCC(C)CC1.Cc1nc(N(C)C)c2ccccc2n1. The number of hydrogen-bond donors (Lipinski definition) is 0. The predicted octanol–water partition coefficient (Wildman–Crippen LogP) is 7.46. The molecule has 2 aromatic carbocycles. The number of ketones is 1. The number of carbonyl (C=O) groups excluding carboxylic acids is 1. The molecule has 36 heavy (non-hydrogen) atoms. The lowest BCUT2D eigenvalue weighted by Crippen LogP contribution is -2.12. The van der Waals surface area contributed by atoms with Crippen molar-refractivity contribution in [3.05, 3.63) is 65.2 Å². The Kier molecular flexibility index (Phi) is 11.3. The Labute approximate surface area is 213 Å². The summed E-state index contributed by atoms with van der Waals surface area (Å²) in [7, 11) is 3.99. The number of carbonyl (C=O) groups is 1. The number of para-hydroxylation sites is 1. The van der Waals surface area contributed by atoms with Gasteiger partial charge in [-0.15, -0.1) is 0 Å². The molecule has 1 aliphatic rings. The lowest BCUT2D eigenvalue weighted by molar-refractivity contribution is -0.116. The van der Waals surface area contributed by atoms with Crippen LogP contribution in [0.25, 0.3) is 10.9 Å². The Bertz CT molecular complexity index is 1140. The molecule has 1 heterocycles. The molecule has 0 aliphatic heterocycles. The van der Waals surface area contributed by atoms with E-state index < -0.39 is 17.5 Å². The molecule has 1 aliphatic carbocycles. The third-order valence-corrected chi connectivity index (χ3v) is 6.39. The number of rotatable bonds is 4. The lowest BCUT2D eigenvalue weighted by Gasteiger charge is -2.24. The lowest BCUT2D eigenvalue weighted by atomic mass is 9.82. The molecule has 0 unspecified atom stereocenters. The second-order valence-corrected chi connectivity index (χ2v) is 9.75. The maximum Gasteiger partial charge on any atom is 0.194 e. The first-order valence-corrected chi connectivity index (χ1v) is 12.6. The molecule has 0 saturated heterocycles. The minimum atomic E-state index is -1.53. The molecule has 4 rings (SSSR count). The maximum atomic E-state index is 12.9. The van der Waals surface area contributed by atoms with Crippen LogP contribution in [0.1, 0.15) is 64.3 Å². The molecular weight excluding hydrogens is 463 g/mol. The van der Waals surface area contributed by atoms with E-state index in [9.17, 15) is 18.0 Å². The summed E-state index contributed by atoms with van der Waals surface area (Å²) in [5.41, 5.74) is 0.884. The van der Waals surface area contributed by atoms with E-state index in [0.717, 1.165) is 46.5 Å². The Morgan fingerprint density at radius 1 is 0.972 bits per heavy atom. The summed E-state index contributed by atoms with van der Waals surface area (Å²) in [6.07, 6.45) is 7.15. The highest BCUT2D eigenvalue weighted by Gasteiger charge is 2.16. The quantitative estimate of drug-likeness (QED) is 0.348. The number of benzene rings is 2. The standard InChI is InChI=1S/C11H13N3.C9H7F3O.C9H18/c1-8-12-10-7-5-4-6-9(10)11(13-8)14(2)3;1-5(13)4-6-2-3-7(10)9(12)8(6)11;1-3-9-6-4-8(2)5-7-9/h4-7H,1-3H3;2-3H,4H2,1H3;8-9H,3-7H2,1-2H3. The van der Waals surface area contributed by atoms with Crippen LogP contribution in [0.4, 0.5) is 19.0 Å². The first-order chi connectivity index (χ1) is 17.0. The smallest absolute Gasteiger partial charge is 0.194 e. The molecule has 1 saturated carbocycles. The van der Waals surface area contributed by atoms with Gasteiger partial charge in [0.2, 0.25) is 0 Å². The van der Waals surface area contributed by atoms with Crippen molar-refractivity contribution in [2.45, 2.75) is 66.2 Å². The number of Topliss-reactive ketones (excluding diaryl/α,β-unsaturated/α-hetero) is 1. The van der Waals surface area contributed by atoms with Gasteiger partial charge in [0.1, 0.15) is 17.4 Å². The summed E-state index contributed by atoms with van der Waals surface area (Å²) >= 11 is 0. The third kappa shape index (κ3) is 8.61. The summed E-state index contributed by atoms with van der Waals surface area (Å²) in [5.74, 6) is -0.474. The van der Waals surface area contributed by atoms with Crippen LogP contribution in [0.15, 0.2) is 36.4 Å². The molecule has 1 aromatic heterocycles. The fourth-order valence-corrected chi connectivity index (χ4v) is 4.22. The van der Waals surface area contributed by atoms with E-state index in [1.165, 1.54) is 39.0 Å². The van der Waals surface area contributed by atoms with Gasteiger partial charge in [-0.25, -0.2) is 23.1 Å². The van der Waals surface area contributed by atoms with E-state index in [0.29, 0.717) is 0 Å². The normalized spacial score (nSPS) is 16.9. The van der Waals surface area contributed by atoms with Crippen LogP contribution in [0.5, 0.6) is 0 Å². The van der Waals surface area contributed by atoms with Crippen molar-refractivity contribution in [1.82, 2.24) is 9.97 Å². The Morgan fingerprint density at radius 3 is 2.19 bits per heavy atom. The van der Waals surface area contributed by atoms with Crippen LogP contribution in [0.3, 0.4) is 0 Å². The first kappa shape index (κ1) is 29.3. The molecule has 7 heteroatoms. The van der Waals surface area contributed by atoms with E-state index in [1.54, 1.807) is 0 Å². The van der Waals surface area contributed by atoms with Gasteiger partial charge in [-0.3, -0.25) is 4.79 Å². The molecular formula is C29H38F3N3O. The molecule has 0 spiro atoms. The molecule has 3 aromatic rings. The zero-order chi connectivity index (χ0) is 26.8. The van der Waals surface area contributed by atoms with Crippen LogP contribution < -0.4 is 4.90 Å². The van der Waals surface area contributed by atoms with Crippen LogP contribution in [-0.2, 0) is 11.2 Å². The maximum absolute atomic E-state index is 12.9. The Hall–Kier alpha value is -2.96. The van der Waals surface area contributed by atoms with E-state index in [1.807, 2.05) is 50.2 Å². The molecule has 0 bridgehead atoms. The van der Waals surface area contributed by atoms with Crippen molar-refractivity contribution in [2.24, 2.45) is 11.8 Å². The van der Waals surface area contributed by atoms with Crippen molar-refractivity contribution in [2.75, 3.05) is 19.0 Å². The van der Waals surface area contributed by atoms with Gasteiger partial charge in [0, 0.05) is 25.9 Å². The molecule has 196 valence electrons. The largest absolute Gasteiger partial charge is 0.362 e. The fraction of sp³-hybridized carbons (Fsp3) is 0.483. The van der Waals surface area contributed by atoms with E-state index in [2.05, 4.69) is 23.8 Å². The second kappa shape index (κ2) is 14.0. The zero-order valence-electron chi connectivity index (χ0n) is 22.2. The summed E-state index contributed by atoms with van der Waals surface area (Å²) in [6.45, 7) is 7.87. The number of aryl methyl sites for hydroxylation is 1. The molecule has 1 fully saturated rings. The monoisotopic (exact) mass is 501 g/mol. The van der Waals surface area contributed by atoms with Crippen molar-refractivity contribution < 1.29 is 18.0 Å². The van der Waals surface area contributed by atoms with E-state index in [-0.39, 0.29) is 17.8 Å². The minimum absolute atomic E-state index is 0.119. The fourth-order valence-electron chi connectivity index (χ4n) is 4.22. The van der Waals surface area contributed by atoms with Gasteiger partial charge in [-0.05, 0) is 49.4 Å². The van der Waals surface area contributed by atoms with Gasteiger partial charge in [0.25, 0.3) is 0 Å². The second-order valence-electron chi connectivity index (χ2n) is 9.75. The number of halogens is 3. The van der Waals surface area contributed by atoms with Crippen LogP contribution >= 0.6 is 0 Å². The van der Waals surface area contributed by atoms with Crippen LogP contribution in [0, 0.1) is 36.2 Å². The van der Waals surface area contributed by atoms with Crippen LogP contribution in [-0.4, -0.2) is 29.8 Å². The number of aromatic nitrogens is 2. The molecule has 0 atom stereocenters. The van der Waals surface area contributed by atoms with Gasteiger partial charge >= 0.3 is 0 Å². The highest BCUT2D eigenvalue weighted by atomic mass is 19.2. The third-order valence-electron chi connectivity index (χ3n) is 6.39. The van der Waals surface area contributed by atoms with Gasteiger partial charge < -0.3 is 4.90 Å². The number of nitrogens with zero attached hydrogens (tertiary/aromatic N) is 3. The molecule has 0 amide bonds. The Morgan fingerprint density at radius 2 is 1.61 bits per heavy atom. The van der Waals surface area contributed by atoms with Crippen molar-refractivity contribution in [3.8, 4) is 0 Å². The zero-order valence-corrected chi connectivity index (χ0v) is 22.2. The summed E-state index contributed by atoms with van der Waals surface area (Å²) in [5, 5.41) is 1.10. The van der Waals surface area contributed by atoms with Gasteiger partial charge in [-0.2, -0.15) is 0 Å². The summed E-state index contributed by atoms with van der Waals surface area (Å²) in [6, 6.07) is 9.93. The predicted molar refractivity (Wildman–Crippen MR) is 141 cm³/mol. The van der Waals surface area contributed by atoms with Crippen molar-refractivity contribution >= 4 is 22.5 Å². The average Bonchev–Trinajstić information content (AvgIpc) is 2.85. The van der Waals surface area contributed by atoms with Crippen molar-refractivity contribution in [1.29, 1.82) is 0 Å². The Balaban J connectivity index is 0.000000195. The van der Waals surface area contributed by atoms with Crippen molar-refractivity contribution in [3.63, 3.8) is 0 Å². The van der Waals surface area contributed by atoms with Gasteiger partial charge in [0.05, 0.1) is 5.52 Å². The summed E-state index contributed by atoms with van der Waals surface area (Å²) in [4.78, 5) is 21.4. The highest BCUT2D eigenvalue weighted by Crippen LogP contribution is 2.29. The summed E-state index contributed by atoms with van der Waals surface area (Å²) < 4.78 is 37.8. The van der Waals surface area contributed by atoms with Crippen LogP contribution in [0.2, 0.25) is 0 Å². The van der Waals surface area contributed by atoms with E-state index >= 15 is 0 Å². The number of anilines is 1. The average molecular weight is 502 g/mol. The molecule has 0 radical (unpaired) electrons. The number of hydrogen-bond acceptors (Lipinski definition) is 4. The molecule has 0 N–H and O–H groups in total. The van der Waals surface area contributed by atoms with E-state index in [4.69, 9.17) is 0 Å². The van der Waals surface area contributed by atoms with Gasteiger partial charge in [-0.1, -0.05) is 64.2 Å². The van der Waals surface area contributed by atoms with Gasteiger partial charge in [0.15, 0.2) is 17.5 Å². The number of fused-ring (bicyclic) bond motifs is 1. The highest BCUT2D eigenvalue weighted by molar-refractivity contribution is 5.89. The topological polar surface area (TPSA) is 46.1 Å². The first-order valence-electron chi connectivity index (χ1n) is 12.6. The molecule has 4 nitrogen and oxygen atoms in total.